The number of nitrogens with zero attached hydrogens (tertiary/aromatic N) is 1. The van der Waals surface area contributed by atoms with Gasteiger partial charge in [-0.1, -0.05) is 29.0 Å². The molecule has 0 aliphatic carbocycles. The fourth-order valence-electron chi connectivity index (χ4n) is 0.874. The molecular weight excluding hydrogens is 194 g/mol. The smallest absolute Gasteiger partial charge is 0.258 e. The Hall–Kier alpha value is -0.680. The first-order valence-corrected chi connectivity index (χ1v) is 5.14. The highest BCUT2D eigenvalue weighted by Gasteiger charge is 2.10. The van der Waals surface area contributed by atoms with Crippen molar-refractivity contribution < 1.29 is 4.92 Å². The largest absolute Gasteiger partial charge is 0.273 e. The first kappa shape index (κ1) is 9.41. The van der Waals surface area contributed by atoms with Gasteiger partial charge in [0, 0.05) is 17.4 Å². The molecular formula is C7H6NO2S2. The zero-order valence-electron chi connectivity index (χ0n) is 6.10. The predicted octanol–water partition coefficient (Wildman–Crippen LogP) is 2.94. The van der Waals surface area contributed by atoms with Crippen LogP contribution in [-0.4, -0.2) is 4.92 Å². The van der Waals surface area contributed by atoms with Crippen LogP contribution in [-0.2, 0) is 5.75 Å². The van der Waals surface area contributed by atoms with Crippen molar-refractivity contribution in [2.75, 3.05) is 0 Å². The second-order valence-electron chi connectivity index (χ2n) is 2.15. The van der Waals surface area contributed by atoms with Crippen molar-refractivity contribution in [3.63, 3.8) is 0 Å². The Labute approximate surface area is 79.1 Å². The van der Waals surface area contributed by atoms with Crippen molar-refractivity contribution >= 4 is 28.1 Å². The van der Waals surface area contributed by atoms with Crippen LogP contribution in [0.5, 0.6) is 0 Å². The van der Waals surface area contributed by atoms with Gasteiger partial charge < -0.3 is 0 Å². The molecule has 0 bridgehead atoms. The van der Waals surface area contributed by atoms with Crippen LogP contribution in [0.25, 0.3) is 0 Å². The first-order chi connectivity index (χ1) is 5.75. The van der Waals surface area contributed by atoms with Gasteiger partial charge in [-0.3, -0.25) is 10.1 Å². The van der Waals surface area contributed by atoms with E-state index in [1.165, 1.54) is 16.9 Å². The van der Waals surface area contributed by atoms with E-state index in [0.29, 0.717) is 11.3 Å². The van der Waals surface area contributed by atoms with Gasteiger partial charge in [-0.05, 0) is 11.7 Å². The van der Waals surface area contributed by atoms with E-state index in [1.807, 2.05) is 0 Å². The minimum atomic E-state index is -0.388. The Morgan fingerprint density at radius 2 is 2.17 bits per heavy atom. The van der Waals surface area contributed by atoms with Crippen LogP contribution in [0, 0.1) is 10.1 Å². The normalized spacial score (nSPS) is 9.75. The quantitative estimate of drug-likeness (QED) is 0.428. The fourth-order valence-corrected chi connectivity index (χ4v) is 1.63. The number of hydrogen-bond donors (Lipinski definition) is 0. The minimum absolute atomic E-state index is 0.148. The van der Waals surface area contributed by atoms with Gasteiger partial charge in [0.25, 0.3) is 5.69 Å². The third kappa shape index (κ3) is 2.15. The summed E-state index contributed by atoms with van der Waals surface area (Å²) in [5.74, 6) is 0.506. The van der Waals surface area contributed by atoms with E-state index in [1.54, 1.807) is 18.2 Å². The lowest BCUT2D eigenvalue weighted by molar-refractivity contribution is -0.385. The molecule has 0 fully saturated rings. The maximum atomic E-state index is 10.5. The van der Waals surface area contributed by atoms with Crippen molar-refractivity contribution in [2.24, 2.45) is 0 Å². The average molecular weight is 200 g/mol. The fraction of sp³-hybridized carbons (Fsp3) is 0.143. The molecule has 1 aromatic carbocycles. The molecule has 12 heavy (non-hydrogen) atoms. The molecule has 0 aliphatic heterocycles. The number of nitro benzene ring substituents is 1. The van der Waals surface area contributed by atoms with Crippen LogP contribution in [0.2, 0.25) is 0 Å². The lowest BCUT2D eigenvalue weighted by Gasteiger charge is -1.97. The molecule has 0 aliphatic rings. The zero-order valence-corrected chi connectivity index (χ0v) is 7.73. The summed E-state index contributed by atoms with van der Waals surface area (Å²) < 4.78 is 0. The van der Waals surface area contributed by atoms with Crippen molar-refractivity contribution in [3.8, 4) is 0 Å². The Morgan fingerprint density at radius 1 is 1.50 bits per heavy atom. The maximum Gasteiger partial charge on any atom is 0.273 e. The topological polar surface area (TPSA) is 43.1 Å². The highest BCUT2D eigenvalue weighted by molar-refractivity contribution is 8.68. The molecule has 0 amide bonds. The molecule has 0 saturated heterocycles. The molecule has 5 heteroatoms. The Bertz CT molecular complexity index is 290. The van der Waals surface area contributed by atoms with E-state index < -0.39 is 0 Å². The van der Waals surface area contributed by atoms with Gasteiger partial charge >= 0.3 is 0 Å². The van der Waals surface area contributed by atoms with Crippen LogP contribution in [0.1, 0.15) is 5.56 Å². The van der Waals surface area contributed by atoms with Crippen molar-refractivity contribution in [3.05, 3.63) is 39.9 Å². The Kier molecular flexibility index (Phi) is 3.43. The van der Waals surface area contributed by atoms with Crippen molar-refractivity contribution in [1.29, 1.82) is 0 Å². The molecule has 1 radical (unpaired) electrons. The molecule has 0 spiro atoms. The third-order valence-electron chi connectivity index (χ3n) is 1.40. The SMILES string of the molecule is O=[N+]([O-])c1ccccc1CS[S]. The second-order valence-corrected chi connectivity index (χ2v) is 3.38. The predicted molar refractivity (Wildman–Crippen MR) is 52.0 cm³/mol. The molecule has 1 aromatic rings. The number of rotatable bonds is 3. The highest BCUT2D eigenvalue weighted by Crippen LogP contribution is 2.23. The molecule has 0 saturated carbocycles. The zero-order chi connectivity index (χ0) is 8.97. The number of para-hydroxylation sites is 1. The molecule has 3 nitrogen and oxygen atoms in total. The van der Waals surface area contributed by atoms with Crippen molar-refractivity contribution in [2.45, 2.75) is 5.75 Å². The summed E-state index contributed by atoms with van der Waals surface area (Å²) in [4.78, 5) is 10.1. The van der Waals surface area contributed by atoms with E-state index in [9.17, 15) is 10.1 Å². The van der Waals surface area contributed by atoms with Gasteiger partial charge in [0.05, 0.1) is 4.92 Å². The van der Waals surface area contributed by atoms with Crippen LogP contribution in [0.4, 0.5) is 5.69 Å². The van der Waals surface area contributed by atoms with Gasteiger partial charge in [0.1, 0.15) is 0 Å². The minimum Gasteiger partial charge on any atom is -0.258 e. The summed E-state index contributed by atoms with van der Waals surface area (Å²) in [6.07, 6.45) is 0. The Balaban J connectivity index is 3.00. The summed E-state index contributed by atoms with van der Waals surface area (Å²) in [7, 11) is 1.17. The molecule has 0 heterocycles. The van der Waals surface area contributed by atoms with E-state index in [2.05, 4.69) is 11.7 Å². The third-order valence-corrected chi connectivity index (χ3v) is 2.19. The number of benzene rings is 1. The summed E-state index contributed by atoms with van der Waals surface area (Å²) in [6.45, 7) is 0. The molecule has 1 rings (SSSR count). The second kappa shape index (κ2) is 4.37. The highest BCUT2D eigenvalue weighted by atomic mass is 33.1. The van der Waals surface area contributed by atoms with Gasteiger partial charge in [-0.25, -0.2) is 0 Å². The average Bonchev–Trinajstić information content (AvgIpc) is 2.05. The van der Waals surface area contributed by atoms with Gasteiger partial charge in [-0.15, -0.1) is 0 Å². The monoisotopic (exact) mass is 200 g/mol. The first-order valence-electron chi connectivity index (χ1n) is 3.23. The summed E-state index contributed by atoms with van der Waals surface area (Å²) in [5, 5.41) is 10.5. The van der Waals surface area contributed by atoms with Crippen LogP contribution in [0.3, 0.4) is 0 Å². The molecule has 0 atom stereocenters. The van der Waals surface area contributed by atoms with E-state index in [0.717, 1.165) is 0 Å². The van der Waals surface area contributed by atoms with Gasteiger partial charge in [-0.2, -0.15) is 0 Å². The van der Waals surface area contributed by atoms with E-state index in [4.69, 9.17) is 0 Å². The van der Waals surface area contributed by atoms with Crippen LogP contribution in [0.15, 0.2) is 24.3 Å². The van der Waals surface area contributed by atoms with Crippen LogP contribution < -0.4 is 0 Å². The maximum absolute atomic E-state index is 10.5. The molecule has 0 N–H and O–H groups in total. The molecule has 63 valence electrons. The lowest BCUT2D eigenvalue weighted by atomic mass is 10.2. The lowest BCUT2D eigenvalue weighted by Crippen LogP contribution is -1.92. The standard InChI is InChI=1S/C7H6NO2S2/c9-8(10)7-4-2-1-3-6(7)5-12-11/h1-4H,5H2. The van der Waals surface area contributed by atoms with Crippen molar-refractivity contribution in [1.82, 2.24) is 0 Å². The Morgan fingerprint density at radius 3 is 2.75 bits per heavy atom. The molecule has 0 unspecified atom stereocenters. The summed E-state index contributed by atoms with van der Waals surface area (Å²) >= 11 is 4.67. The van der Waals surface area contributed by atoms with Gasteiger partial charge in [0.2, 0.25) is 0 Å². The number of nitro groups is 1. The van der Waals surface area contributed by atoms with Gasteiger partial charge in [0.15, 0.2) is 0 Å². The van der Waals surface area contributed by atoms with Crippen LogP contribution >= 0.6 is 22.5 Å². The van der Waals surface area contributed by atoms with E-state index >= 15 is 0 Å². The summed E-state index contributed by atoms with van der Waals surface area (Å²) in [5.41, 5.74) is 0.831. The summed E-state index contributed by atoms with van der Waals surface area (Å²) in [6, 6.07) is 6.63. The number of hydrogen-bond acceptors (Lipinski definition) is 3. The molecule has 0 aromatic heterocycles. The van der Waals surface area contributed by atoms with E-state index in [-0.39, 0.29) is 10.6 Å².